The number of nitrogens with one attached hydrogen (secondary N) is 1. The number of benzene rings is 1. The number of thiophene rings is 1. The van der Waals surface area contributed by atoms with Crippen molar-refractivity contribution in [1.82, 2.24) is 14.8 Å². The van der Waals surface area contributed by atoms with E-state index < -0.39 is 0 Å². The van der Waals surface area contributed by atoms with Crippen LogP contribution in [0.1, 0.15) is 24.8 Å². The highest BCUT2D eigenvalue weighted by atomic mass is 35.5. The van der Waals surface area contributed by atoms with Gasteiger partial charge in [-0.2, -0.15) is 0 Å². The van der Waals surface area contributed by atoms with Gasteiger partial charge in [-0.05, 0) is 45.0 Å². The summed E-state index contributed by atoms with van der Waals surface area (Å²) in [5.41, 5.74) is 1.65. The lowest BCUT2D eigenvalue weighted by atomic mass is 10.3. The molecule has 1 aromatic carbocycles. The van der Waals surface area contributed by atoms with E-state index in [2.05, 4.69) is 52.3 Å². The average Bonchev–Trinajstić information content (AvgIpc) is 3.22. The molecule has 0 bridgehead atoms. The van der Waals surface area contributed by atoms with Crippen LogP contribution >= 0.6 is 46.3 Å². The Morgan fingerprint density at radius 1 is 1.26 bits per heavy atom. The highest BCUT2D eigenvalue weighted by molar-refractivity contribution is 7.99. The number of thioether (sulfide) groups is 1. The van der Waals surface area contributed by atoms with E-state index in [-0.39, 0.29) is 17.7 Å². The van der Waals surface area contributed by atoms with E-state index >= 15 is 0 Å². The zero-order valence-corrected chi connectivity index (χ0v) is 18.1. The molecule has 2 heterocycles. The summed E-state index contributed by atoms with van der Waals surface area (Å²) < 4.78 is 2.05. The Hall–Kier alpha value is -1.54. The molecule has 5 nitrogen and oxygen atoms in total. The van der Waals surface area contributed by atoms with Crippen LogP contribution in [0.2, 0.25) is 10.0 Å². The van der Waals surface area contributed by atoms with Gasteiger partial charge in [0.15, 0.2) is 11.0 Å². The molecule has 0 saturated carbocycles. The van der Waals surface area contributed by atoms with Crippen LogP contribution in [0.5, 0.6) is 0 Å². The molecular formula is C18H18Cl2N4OS2. The summed E-state index contributed by atoms with van der Waals surface area (Å²) in [5, 5.41) is 15.1. The second kappa shape index (κ2) is 8.65. The van der Waals surface area contributed by atoms with Gasteiger partial charge >= 0.3 is 0 Å². The van der Waals surface area contributed by atoms with Crippen molar-refractivity contribution in [3.63, 3.8) is 0 Å². The summed E-state index contributed by atoms with van der Waals surface area (Å²) in [5.74, 6) is 0.889. The van der Waals surface area contributed by atoms with Crippen molar-refractivity contribution >= 4 is 57.9 Å². The lowest BCUT2D eigenvalue weighted by Crippen LogP contribution is -2.15. The van der Waals surface area contributed by atoms with Gasteiger partial charge in [-0.3, -0.25) is 9.36 Å². The smallest absolute Gasteiger partial charge is 0.234 e. The quantitative estimate of drug-likeness (QED) is 0.482. The van der Waals surface area contributed by atoms with Gasteiger partial charge in [-0.1, -0.05) is 35.0 Å². The maximum Gasteiger partial charge on any atom is 0.234 e. The van der Waals surface area contributed by atoms with Crippen molar-refractivity contribution in [2.75, 3.05) is 11.1 Å². The van der Waals surface area contributed by atoms with Gasteiger partial charge in [-0.15, -0.1) is 21.5 Å². The predicted molar refractivity (Wildman–Crippen MR) is 114 cm³/mol. The Morgan fingerprint density at radius 3 is 2.67 bits per heavy atom. The molecule has 9 heteroatoms. The van der Waals surface area contributed by atoms with E-state index in [1.807, 2.05) is 0 Å². The molecule has 1 amide bonds. The molecule has 142 valence electrons. The van der Waals surface area contributed by atoms with E-state index in [0.29, 0.717) is 20.9 Å². The van der Waals surface area contributed by atoms with Crippen LogP contribution in [0.4, 0.5) is 5.69 Å². The minimum absolute atomic E-state index is 0.148. The van der Waals surface area contributed by atoms with Crippen molar-refractivity contribution in [2.45, 2.75) is 32.0 Å². The minimum atomic E-state index is -0.148. The number of hydrogen-bond acceptors (Lipinski definition) is 5. The van der Waals surface area contributed by atoms with Crippen LogP contribution in [0, 0.1) is 6.92 Å². The number of anilines is 1. The predicted octanol–water partition coefficient (Wildman–Crippen LogP) is 5.93. The van der Waals surface area contributed by atoms with Crippen molar-refractivity contribution in [2.24, 2.45) is 0 Å². The fourth-order valence-corrected chi connectivity index (χ4v) is 4.35. The van der Waals surface area contributed by atoms with Crippen LogP contribution in [0.3, 0.4) is 0 Å². The number of halogens is 2. The third kappa shape index (κ3) is 4.85. The normalized spacial score (nSPS) is 11.2. The van der Waals surface area contributed by atoms with Gasteiger partial charge in [0.25, 0.3) is 0 Å². The first-order valence-corrected chi connectivity index (χ1v) is 10.9. The molecule has 27 heavy (non-hydrogen) atoms. The monoisotopic (exact) mass is 440 g/mol. The summed E-state index contributed by atoms with van der Waals surface area (Å²) in [6.07, 6.45) is 0. The van der Waals surface area contributed by atoms with Crippen LogP contribution in [-0.4, -0.2) is 26.4 Å². The van der Waals surface area contributed by atoms with Crippen LogP contribution in [-0.2, 0) is 4.79 Å². The van der Waals surface area contributed by atoms with Gasteiger partial charge in [0, 0.05) is 27.5 Å². The number of carbonyl (C=O) groups is 1. The van der Waals surface area contributed by atoms with Crippen LogP contribution in [0.15, 0.2) is 34.8 Å². The molecule has 3 aromatic rings. The van der Waals surface area contributed by atoms with Gasteiger partial charge in [0.1, 0.15) is 0 Å². The SMILES string of the molecule is Cc1cc(-c2nnc(SCC(=O)Nc3ccc(Cl)c(Cl)c3)n2C(C)C)cs1. The Kier molecular flexibility index (Phi) is 6.47. The Labute approximate surface area is 176 Å². The van der Waals surface area contributed by atoms with Crippen LogP contribution < -0.4 is 5.32 Å². The summed E-state index contributed by atoms with van der Waals surface area (Å²) in [6.45, 7) is 6.21. The summed E-state index contributed by atoms with van der Waals surface area (Å²) >= 11 is 14.9. The van der Waals surface area contributed by atoms with E-state index in [1.54, 1.807) is 29.5 Å². The number of hydrogen-bond donors (Lipinski definition) is 1. The number of aryl methyl sites for hydroxylation is 1. The van der Waals surface area contributed by atoms with Gasteiger partial charge < -0.3 is 5.32 Å². The van der Waals surface area contributed by atoms with Crippen LogP contribution in [0.25, 0.3) is 11.4 Å². The minimum Gasteiger partial charge on any atom is -0.325 e. The summed E-state index contributed by atoms with van der Waals surface area (Å²) in [6, 6.07) is 7.26. The largest absolute Gasteiger partial charge is 0.325 e. The highest BCUT2D eigenvalue weighted by Crippen LogP contribution is 2.30. The number of rotatable bonds is 6. The first kappa shape index (κ1) is 20.2. The average molecular weight is 441 g/mol. The molecule has 0 atom stereocenters. The molecule has 0 radical (unpaired) electrons. The second-order valence-corrected chi connectivity index (χ2v) is 9.05. The standard InChI is InChI=1S/C18H18Cl2N4OS2/c1-10(2)24-17(12-6-11(3)26-8-12)22-23-18(24)27-9-16(25)21-13-4-5-14(19)15(20)7-13/h4-8,10H,9H2,1-3H3,(H,21,25). The fourth-order valence-electron chi connectivity index (χ4n) is 2.50. The fraction of sp³-hybridized carbons (Fsp3) is 0.278. The topological polar surface area (TPSA) is 59.8 Å². The zero-order chi connectivity index (χ0) is 19.6. The van der Waals surface area contributed by atoms with E-state index in [4.69, 9.17) is 23.2 Å². The second-order valence-electron chi connectivity index (χ2n) is 6.18. The molecule has 0 unspecified atom stereocenters. The first-order valence-electron chi connectivity index (χ1n) is 8.23. The molecule has 2 aromatic heterocycles. The third-order valence-electron chi connectivity index (χ3n) is 3.71. The Morgan fingerprint density at radius 2 is 2.04 bits per heavy atom. The Balaban J connectivity index is 1.71. The summed E-state index contributed by atoms with van der Waals surface area (Å²) in [4.78, 5) is 13.5. The van der Waals surface area contributed by atoms with E-state index in [9.17, 15) is 4.79 Å². The molecule has 1 N–H and O–H groups in total. The van der Waals surface area contributed by atoms with E-state index in [0.717, 1.165) is 11.4 Å². The van der Waals surface area contributed by atoms with Crippen molar-refractivity contribution < 1.29 is 4.79 Å². The number of aromatic nitrogens is 3. The molecule has 0 aliphatic carbocycles. The third-order valence-corrected chi connectivity index (χ3v) is 6.25. The Bertz CT molecular complexity index is 968. The number of nitrogens with zero attached hydrogens (tertiary/aromatic N) is 3. The lowest BCUT2D eigenvalue weighted by molar-refractivity contribution is -0.113. The summed E-state index contributed by atoms with van der Waals surface area (Å²) in [7, 11) is 0. The van der Waals surface area contributed by atoms with Gasteiger partial charge in [-0.25, -0.2) is 0 Å². The maximum absolute atomic E-state index is 12.3. The van der Waals surface area contributed by atoms with Gasteiger partial charge in [0.05, 0.1) is 15.8 Å². The molecule has 0 aliphatic heterocycles. The van der Waals surface area contributed by atoms with Crippen molar-refractivity contribution in [3.8, 4) is 11.4 Å². The molecular weight excluding hydrogens is 423 g/mol. The lowest BCUT2D eigenvalue weighted by Gasteiger charge is -2.13. The maximum atomic E-state index is 12.3. The molecule has 0 fully saturated rings. The molecule has 3 rings (SSSR count). The van der Waals surface area contributed by atoms with Gasteiger partial charge in [0.2, 0.25) is 5.91 Å². The molecule has 0 spiro atoms. The number of carbonyl (C=O) groups excluding carboxylic acids is 1. The van der Waals surface area contributed by atoms with Crippen molar-refractivity contribution in [3.05, 3.63) is 44.6 Å². The number of amides is 1. The van der Waals surface area contributed by atoms with Crippen molar-refractivity contribution in [1.29, 1.82) is 0 Å². The molecule has 0 aliphatic rings. The zero-order valence-electron chi connectivity index (χ0n) is 15.0. The highest BCUT2D eigenvalue weighted by Gasteiger charge is 2.18. The first-order chi connectivity index (χ1) is 12.8. The van der Waals surface area contributed by atoms with E-state index in [1.165, 1.54) is 16.6 Å². The molecule has 0 saturated heterocycles.